The Bertz CT molecular complexity index is 403. The summed E-state index contributed by atoms with van der Waals surface area (Å²) in [6, 6.07) is 0. The Kier molecular flexibility index (Phi) is 1.87. The fraction of sp³-hybridized carbons (Fsp3) is 0.143. The molecular weight excluding hydrogens is 172 g/mol. The summed E-state index contributed by atoms with van der Waals surface area (Å²) in [6.45, 7) is 0. The minimum Gasteiger partial charge on any atom is -0.242 e. The molecule has 0 atom stereocenters. The number of hydrogen-bond acceptors (Lipinski definition) is 5. The summed E-state index contributed by atoms with van der Waals surface area (Å²) < 4.78 is 0. The van der Waals surface area contributed by atoms with E-state index in [0.717, 1.165) is 10.5 Å². The quantitative estimate of drug-likeness (QED) is 0.613. The largest absolute Gasteiger partial charge is 0.242 e. The van der Waals surface area contributed by atoms with Gasteiger partial charge in [-0.15, -0.1) is 11.8 Å². The van der Waals surface area contributed by atoms with Gasteiger partial charge >= 0.3 is 0 Å². The predicted octanol–water partition coefficient (Wildman–Crippen LogP) is 1.14. The molecule has 0 aromatic carbocycles. The third-order valence-electron chi connectivity index (χ3n) is 1.41. The first-order chi connectivity index (χ1) is 5.90. The summed E-state index contributed by atoms with van der Waals surface area (Å²) in [5.41, 5.74) is 1.38. The number of nitrogens with zero attached hydrogens (tertiary/aromatic N) is 4. The zero-order chi connectivity index (χ0) is 8.39. The molecule has 0 saturated heterocycles. The molecule has 0 amide bonds. The molecule has 5 heteroatoms. The van der Waals surface area contributed by atoms with Crippen LogP contribution in [0.4, 0.5) is 0 Å². The van der Waals surface area contributed by atoms with E-state index in [0.29, 0.717) is 5.65 Å². The van der Waals surface area contributed by atoms with Crippen molar-refractivity contribution in [1.29, 1.82) is 0 Å². The van der Waals surface area contributed by atoms with Gasteiger partial charge in [0.05, 0.1) is 12.4 Å². The maximum absolute atomic E-state index is 4.27. The van der Waals surface area contributed by atoms with E-state index in [-0.39, 0.29) is 0 Å². The fourth-order valence-electron chi connectivity index (χ4n) is 0.856. The van der Waals surface area contributed by atoms with E-state index in [4.69, 9.17) is 0 Å². The lowest BCUT2D eigenvalue weighted by Gasteiger charge is -1.95. The van der Waals surface area contributed by atoms with Gasteiger partial charge in [-0.05, 0) is 6.26 Å². The molecule has 0 fully saturated rings. The van der Waals surface area contributed by atoms with Gasteiger partial charge in [-0.1, -0.05) is 0 Å². The lowest BCUT2D eigenvalue weighted by molar-refractivity contribution is 1.07. The van der Waals surface area contributed by atoms with Crippen LogP contribution < -0.4 is 0 Å². The highest BCUT2D eigenvalue weighted by Gasteiger charge is 1.97. The smallest absolute Gasteiger partial charge is 0.181 e. The average Bonchev–Trinajstić information content (AvgIpc) is 2.17. The van der Waals surface area contributed by atoms with Gasteiger partial charge in [0.25, 0.3) is 0 Å². The van der Waals surface area contributed by atoms with Crippen LogP contribution in [-0.4, -0.2) is 26.2 Å². The Hall–Kier alpha value is -1.23. The molecule has 2 aromatic rings. The molecule has 0 saturated carbocycles. The van der Waals surface area contributed by atoms with Crippen molar-refractivity contribution in [3.8, 4) is 0 Å². The topological polar surface area (TPSA) is 51.6 Å². The molecule has 0 bridgehead atoms. The van der Waals surface area contributed by atoms with Crippen molar-refractivity contribution in [2.24, 2.45) is 0 Å². The van der Waals surface area contributed by atoms with Crippen molar-refractivity contribution in [3.05, 3.63) is 18.7 Å². The second kappa shape index (κ2) is 3.02. The van der Waals surface area contributed by atoms with E-state index in [1.807, 2.05) is 6.26 Å². The van der Waals surface area contributed by atoms with Gasteiger partial charge < -0.3 is 0 Å². The van der Waals surface area contributed by atoms with Crippen LogP contribution in [0.3, 0.4) is 0 Å². The molecular formula is C7H6N4S. The van der Waals surface area contributed by atoms with Gasteiger partial charge in [0, 0.05) is 0 Å². The molecule has 2 rings (SSSR count). The first-order valence-electron chi connectivity index (χ1n) is 3.37. The van der Waals surface area contributed by atoms with Gasteiger partial charge in [-0.3, -0.25) is 0 Å². The first kappa shape index (κ1) is 7.42. The molecule has 2 heterocycles. The summed E-state index contributed by atoms with van der Waals surface area (Å²) in [5, 5.41) is 0.886. The summed E-state index contributed by atoms with van der Waals surface area (Å²) in [6.07, 6.45) is 6.80. The Labute approximate surface area is 73.5 Å². The van der Waals surface area contributed by atoms with Crippen LogP contribution in [0.15, 0.2) is 23.7 Å². The minimum absolute atomic E-state index is 0.641. The molecule has 12 heavy (non-hydrogen) atoms. The van der Waals surface area contributed by atoms with Crippen LogP contribution >= 0.6 is 11.8 Å². The predicted molar refractivity (Wildman–Crippen MR) is 46.9 cm³/mol. The standard InChI is InChI=1S/C7H6N4S/c1-12-6-3-9-7-5(11-6)2-8-4-10-7/h2-4H,1H3. The third kappa shape index (κ3) is 1.23. The average molecular weight is 178 g/mol. The zero-order valence-corrected chi connectivity index (χ0v) is 7.25. The van der Waals surface area contributed by atoms with Crippen LogP contribution in [0.1, 0.15) is 0 Å². The molecule has 60 valence electrons. The van der Waals surface area contributed by atoms with E-state index in [2.05, 4.69) is 19.9 Å². The second-order valence-corrected chi connectivity index (χ2v) is 2.97. The van der Waals surface area contributed by atoms with E-state index < -0.39 is 0 Å². The Balaban J connectivity index is 2.67. The second-order valence-electron chi connectivity index (χ2n) is 2.14. The van der Waals surface area contributed by atoms with Gasteiger partial charge in [0.1, 0.15) is 16.9 Å². The van der Waals surface area contributed by atoms with Crippen LogP contribution in [0.25, 0.3) is 11.2 Å². The highest BCUT2D eigenvalue weighted by Crippen LogP contribution is 2.12. The summed E-state index contributed by atoms with van der Waals surface area (Å²) in [7, 11) is 0. The van der Waals surface area contributed by atoms with Crippen molar-refractivity contribution < 1.29 is 0 Å². The molecule has 4 nitrogen and oxygen atoms in total. The number of rotatable bonds is 1. The highest BCUT2D eigenvalue weighted by atomic mass is 32.2. The maximum atomic E-state index is 4.27. The SMILES string of the molecule is CSc1cnc2ncncc2n1. The number of thioether (sulfide) groups is 1. The van der Waals surface area contributed by atoms with Crippen LogP contribution in [-0.2, 0) is 0 Å². The summed E-state index contributed by atoms with van der Waals surface area (Å²) in [5.74, 6) is 0. The van der Waals surface area contributed by atoms with Gasteiger partial charge in [0.15, 0.2) is 5.65 Å². The van der Waals surface area contributed by atoms with Crippen LogP contribution in [0.2, 0.25) is 0 Å². The maximum Gasteiger partial charge on any atom is 0.181 e. The number of aromatic nitrogens is 4. The highest BCUT2D eigenvalue weighted by molar-refractivity contribution is 7.98. The van der Waals surface area contributed by atoms with Crippen molar-refractivity contribution in [2.45, 2.75) is 5.03 Å². The normalized spacial score (nSPS) is 10.4. The van der Waals surface area contributed by atoms with Gasteiger partial charge in [0.2, 0.25) is 0 Å². The Morgan fingerprint density at radius 2 is 2.17 bits per heavy atom. The lowest BCUT2D eigenvalue weighted by atomic mass is 10.5. The van der Waals surface area contributed by atoms with Gasteiger partial charge in [-0.2, -0.15) is 0 Å². The van der Waals surface area contributed by atoms with Crippen molar-refractivity contribution in [3.63, 3.8) is 0 Å². The third-order valence-corrected chi connectivity index (χ3v) is 2.02. The Morgan fingerprint density at radius 3 is 3.00 bits per heavy atom. The van der Waals surface area contributed by atoms with E-state index in [9.17, 15) is 0 Å². The fourth-order valence-corrected chi connectivity index (χ4v) is 1.20. The number of hydrogen-bond donors (Lipinski definition) is 0. The molecule has 0 radical (unpaired) electrons. The molecule has 0 aliphatic carbocycles. The van der Waals surface area contributed by atoms with E-state index >= 15 is 0 Å². The van der Waals surface area contributed by atoms with Crippen molar-refractivity contribution in [1.82, 2.24) is 19.9 Å². The van der Waals surface area contributed by atoms with Crippen molar-refractivity contribution >= 4 is 22.9 Å². The summed E-state index contributed by atoms with van der Waals surface area (Å²) in [4.78, 5) is 16.2. The monoisotopic (exact) mass is 178 g/mol. The number of fused-ring (bicyclic) bond motifs is 1. The minimum atomic E-state index is 0.641. The van der Waals surface area contributed by atoms with Crippen LogP contribution in [0, 0.1) is 0 Å². The molecule has 0 spiro atoms. The van der Waals surface area contributed by atoms with E-state index in [1.54, 1.807) is 24.2 Å². The van der Waals surface area contributed by atoms with E-state index in [1.165, 1.54) is 6.33 Å². The molecule has 0 unspecified atom stereocenters. The molecule has 0 aliphatic heterocycles. The first-order valence-corrected chi connectivity index (χ1v) is 4.59. The van der Waals surface area contributed by atoms with Gasteiger partial charge in [-0.25, -0.2) is 19.9 Å². The molecule has 2 aromatic heterocycles. The molecule has 0 N–H and O–H groups in total. The summed E-state index contributed by atoms with van der Waals surface area (Å²) >= 11 is 1.55. The molecule has 0 aliphatic rings. The van der Waals surface area contributed by atoms with Crippen LogP contribution in [0.5, 0.6) is 0 Å². The van der Waals surface area contributed by atoms with Crippen molar-refractivity contribution in [2.75, 3.05) is 6.26 Å². The lowest BCUT2D eigenvalue weighted by Crippen LogP contribution is -1.89. The Morgan fingerprint density at radius 1 is 1.25 bits per heavy atom. The zero-order valence-electron chi connectivity index (χ0n) is 6.43.